The number of hydrogen-bond donors (Lipinski definition) is 1. The van der Waals surface area contributed by atoms with E-state index < -0.39 is 12.1 Å². The molecular formula is C28H35FN4O3. The fraction of sp³-hybridized carbons (Fsp3) is 0.500. The Morgan fingerprint density at radius 3 is 2.86 bits per heavy atom. The van der Waals surface area contributed by atoms with E-state index >= 15 is 4.39 Å². The van der Waals surface area contributed by atoms with Gasteiger partial charge in [-0.2, -0.15) is 0 Å². The molecule has 1 N–H and O–H groups in total. The van der Waals surface area contributed by atoms with Gasteiger partial charge in [0.05, 0.1) is 18.3 Å². The van der Waals surface area contributed by atoms with Crippen molar-refractivity contribution in [3.63, 3.8) is 0 Å². The largest absolute Gasteiger partial charge is 0.497 e. The van der Waals surface area contributed by atoms with Gasteiger partial charge in [-0.25, -0.2) is 4.39 Å². The van der Waals surface area contributed by atoms with Crippen molar-refractivity contribution in [3.8, 4) is 5.75 Å². The zero-order valence-electron chi connectivity index (χ0n) is 20.9. The number of unbranched alkanes of at least 4 members (excludes halogenated alkanes) is 1. The predicted molar refractivity (Wildman–Crippen MR) is 137 cm³/mol. The van der Waals surface area contributed by atoms with Gasteiger partial charge in [0.15, 0.2) is 0 Å². The van der Waals surface area contributed by atoms with Crippen LogP contribution in [0.4, 0.5) is 4.39 Å². The number of benzene rings is 1. The number of methoxy groups -OCH3 is 1. The van der Waals surface area contributed by atoms with Crippen molar-refractivity contribution in [3.05, 3.63) is 60.3 Å². The number of nitrogens with zero attached hydrogens (tertiary/aromatic N) is 4. The maximum Gasteiger partial charge on any atom is 0.303 e. The Balaban J connectivity index is 1.31. The molecule has 0 aliphatic carbocycles. The number of hydrogen-bond acceptors (Lipinski definition) is 6. The highest BCUT2D eigenvalue weighted by Gasteiger charge is 2.31. The molecule has 4 rings (SSSR count). The van der Waals surface area contributed by atoms with Gasteiger partial charge in [0.2, 0.25) is 0 Å². The van der Waals surface area contributed by atoms with Crippen molar-refractivity contribution < 1.29 is 19.0 Å². The van der Waals surface area contributed by atoms with Crippen molar-refractivity contribution in [1.82, 2.24) is 19.9 Å². The Labute approximate surface area is 211 Å². The maximum absolute atomic E-state index is 15.5. The minimum atomic E-state index is -1.13. The van der Waals surface area contributed by atoms with Crippen molar-refractivity contribution in [2.24, 2.45) is 11.8 Å². The van der Waals surface area contributed by atoms with Gasteiger partial charge in [0, 0.05) is 43.1 Å². The molecular weight excluding hydrogens is 459 g/mol. The van der Waals surface area contributed by atoms with Gasteiger partial charge in [-0.1, -0.05) is 0 Å². The van der Waals surface area contributed by atoms with E-state index in [1.54, 1.807) is 38.0 Å². The van der Waals surface area contributed by atoms with Gasteiger partial charge in [-0.15, -0.1) is 0 Å². The number of aromatic nitrogens is 3. The molecule has 192 valence electrons. The number of alkyl halides is 1. The van der Waals surface area contributed by atoms with Crippen LogP contribution in [0, 0.1) is 11.8 Å². The third kappa shape index (κ3) is 6.97. The van der Waals surface area contributed by atoms with Crippen LogP contribution in [0.5, 0.6) is 5.75 Å². The highest BCUT2D eigenvalue weighted by Crippen LogP contribution is 2.36. The summed E-state index contributed by atoms with van der Waals surface area (Å²) >= 11 is 0. The van der Waals surface area contributed by atoms with Crippen molar-refractivity contribution in [2.75, 3.05) is 26.7 Å². The molecule has 2 aromatic heterocycles. The third-order valence-corrected chi connectivity index (χ3v) is 7.30. The molecule has 0 bridgehead atoms. The second-order valence-electron chi connectivity index (χ2n) is 9.69. The Kier molecular flexibility index (Phi) is 9.17. The minimum Gasteiger partial charge on any atom is -0.497 e. The van der Waals surface area contributed by atoms with Crippen LogP contribution in [0.25, 0.3) is 10.9 Å². The number of pyridine rings is 1. The molecule has 1 aliphatic rings. The molecule has 0 spiro atoms. The highest BCUT2D eigenvalue weighted by atomic mass is 19.1. The van der Waals surface area contributed by atoms with Crippen LogP contribution < -0.4 is 4.74 Å². The first-order chi connectivity index (χ1) is 17.5. The number of likely N-dealkylation sites (tertiary alicyclic amines) is 1. The summed E-state index contributed by atoms with van der Waals surface area (Å²) in [6.07, 6.45) is 10.7. The second-order valence-corrected chi connectivity index (χ2v) is 9.69. The number of carboxylic acid groups (broad SMARTS) is 1. The molecule has 8 heteroatoms. The van der Waals surface area contributed by atoms with Crippen molar-refractivity contribution in [1.29, 1.82) is 0 Å². The number of piperidine rings is 1. The zero-order chi connectivity index (χ0) is 25.3. The summed E-state index contributed by atoms with van der Waals surface area (Å²) in [6, 6.07) is 7.24. The molecule has 1 saturated heterocycles. The lowest BCUT2D eigenvalue weighted by Gasteiger charge is -2.38. The number of carboxylic acids is 1. The number of aliphatic carboxylic acids is 1. The lowest BCUT2D eigenvalue weighted by Crippen LogP contribution is -2.41. The first-order valence-electron chi connectivity index (χ1n) is 12.8. The number of rotatable bonds is 12. The fourth-order valence-electron chi connectivity index (χ4n) is 5.36. The van der Waals surface area contributed by atoms with Gasteiger partial charge in [-0.05, 0) is 93.3 Å². The second kappa shape index (κ2) is 12.7. The first-order valence-corrected chi connectivity index (χ1v) is 12.8. The average molecular weight is 495 g/mol. The van der Waals surface area contributed by atoms with E-state index in [0.717, 1.165) is 61.9 Å². The van der Waals surface area contributed by atoms with Gasteiger partial charge >= 0.3 is 5.97 Å². The molecule has 1 fully saturated rings. The molecule has 1 aliphatic heterocycles. The monoisotopic (exact) mass is 494 g/mol. The van der Waals surface area contributed by atoms with Crippen LogP contribution in [0.3, 0.4) is 0 Å². The summed E-state index contributed by atoms with van der Waals surface area (Å²) in [4.78, 5) is 26.7. The predicted octanol–water partition coefficient (Wildman–Crippen LogP) is 5.26. The van der Waals surface area contributed by atoms with E-state index in [4.69, 9.17) is 4.74 Å². The normalized spacial score (nSPS) is 19.3. The fourth-order valence-corrected chi connectivity index (χ4v) is 5.36. The summed E-state index contributed by atoms with van der Waals surface area (Å²) < 4.78 is 20.8. The summed E-state index contributed by atoms with van der Waals surface area (Å²) in [7, 11) is 1.59. The van der Waals surface area contributed by atoms with Crippen LogP contribution in [-0.2, 0) is 11.2 Å². The minimum absolute atomic E-state index is 0.0396. The van der Waals surface area contributed by atoms with Crippen LogP contribution in [0.15, 0.2) is 49.1 Å². The standard InChI is InChI=1S/C28H35FN4O3/c1-36-23-6-8-27-25(17-23)24(9-11-32-27)26(29)7-5-20-10-15-33(19-21(20)16-28(34)35)14-3-2-4-22-18-30-12-13-31-22/h6,8-9,11-13,17-18,20-21,26H,2-5,7,10,14-16,19H2,1H3,(H,34,35)/t20-,21+,26-/m1/s1. The number of halogens is 1. The molecule has 3 aromatic rings. The number of carbonyl (C=O) groups is 1. The van der Waals surface area contributed by atoms with Gasteiger partial charge in [-0.3, -0.25) is 19.7 Å². The molecule has 0 saturated carbocycles. The number of fused-ring (bicyclic) bond motifs is 1. The maximum atomic E-state index is 15.5. The zero-order valence-corrected chi connectivity index (χ0v) is 20.9. The Morgan fingerprint density at radius 2 is 2.08 bits per heavy atom. The molecule has 7 nitrogen and oxygen atoms in total. The Morgan fingerprint density at radius 1 is 1.19 bits per heavy atom. The van der Waals surface area contributed by atoms with Crippen molar-refractivity contribution in [2.45, 2.75) is 51.1 Å². The van der Waals surface area contributed by atoms with Gasteiger partial charge < -0.3 is 14.7 Å². The van der Waals surface area contributed by atoms with E-state index in [1.807, 2.05) is 18.2 Å². The molecule has 3 atom stereocenters. The van der Waals surface area contributed by atoms with Crippen molar-refractivity contribution >= 4 is 16.9 Å². The van der Waals surface area contributed by atoms with Gasteiger partial charge in [0.1, 0.15) is 11.9 Å². The molecule has 0 radical (unpaired) electrons. The summed E-state index contributed by atoms with van der Waals surface area (Å²) in [5.74, 6) is 0.142. The highest BCUT2D eigenvalue weighted by molar-refractivity contribution is 5.83. The van der Waals surface area contributed by atoms with Crippen LogP contribution in [0.2, 0.25) is 0 Å². The van der Waals surface area contributed by atoms with E-state index in [9.17, 15) is 9.90 Å². The molecule has 1 aromatic carbocycles. The smallest absolute Gasteiger partial charge is 0.303 e. The van der Waals surface area contributed by atoms with E-state index in [1.165, 1.54) is 0 Å². The lowest BCUT2D eigenvalue weighted by atomic mass is 9.79. The number of ether oxygens (including phenoxy) is 1. The molecule has 3 heterocycles. The molecule has 36 heavy (non-hydrogen) atoms. The van der Waals surface area contributed by atoms with Gasteiger partial charge in [0.25, 0.3) is 0 Å². The Hall–Kier alpha value is -3.13. The summed E-state index contributed by atoms with van der Waals surface area (Å²) in [6.45, 7) is 2.63. The summed E-state index contributed by atoms with van der Waals surface area (Å²) in [5.41, 5.74) is 2.36. The topological polar surface area (TPSA) is 88.4 Å². The Bertz CT molecular complexity index is 1130. The van der Waals surface area contributed by atoms with Crippen LogP contribution in [0.1, 0.15) is 56.0 Å². The lowest BCUT2D eigenvalue weighted by molar-refractivity contribution is -0.139. The summed E-state index contributed by atoms with van der Waals surface area (Å²) in [5, 5.41) is 10.3. The molecule has 0 unspecified atom stereocenters. The van der Waals surface area contributed by atoms with Crippen LogP contribution >= 0.6 is 0 Å². The quantitative estimate of drug-likeness (QED) is 0.344. The SMILES string of the molecule is COc1ccc2nccc([C@H](F)CC[C@@H]3CCN(CCCCc4cnccn4)C[C@@H]3CC(=O)O)c2c1. The van der Waals surface area contributed by atoms with E-state index in [0.29, 0.717) is 24.2 Å². The first kappa shape index (κ1) is 25.9. The van der Waals surface area contributed by atoms with E-state index in [-0.39, 0.29) is 18.3 Å². The molecule has 0 amide bonds. The number of aryl methyl sites for hydroxylation is 1. The average Bonchev–Trinajstić information content (AvgIpc) is 2.90. The van der Waals surface area contributed by atoms with E-state index in [2.05, 4.69) is 19.9 Å². The third-order valence-electron chi connectivity index (χ3n) is 7.30. The van der Waals surface area contributed by atoms with Crippen LogP contribution in [-0.4, -0.2) is 57.7 Å².